The number of morpholine rings is 1. The fraction of sp³-hybridized carbons (Fsp3) is 0.355. The third-order valence-corrected chi connectivity index (χ3v) is 8.01. The normalized spacial score (nSPS) is 16.8. The smallest absolute Gasteiger partial charge is 0.270 e. The lowest BCUT2D eigenvalue weighted by molar-refractivity contribution is 0.0945. The van der Waals surface area contributed by atoms with Crippen LogP contribution in [0.4, 0.5) is 5.69 Å². The summed E-state index contributed by atoms with van der Waals surface area (Å²) in [5.74, 6) is -0.120. The van der Waals surface area contributed by atoms with E-state index in [-0.39, 0.29) is 17.7 Å². The van der Waals surface area contributed by atoms with Gasteiger partial charge in [0.1, 0.15) is 5.69 Å². The van der Waals surface area contributed by atoms with E-state index in [0.717, 1.165) is 67.2 Å². The average Bonchev–Trinajstić information content (AvgIpc) is 3.63. The molecule has 1 fully saturated rings. The van der Waals surface area contributed by atoms with Crippen LogP contribution >= 0.6 is 0 Å². The topological polar surface area (TPSA) is 101 Å². The summed E-state index contributed by atoms with van der Waals surface area (Å²) in [7, 11) is 0. The predicted octanol–water partition coefficient (Wildman–Crippen LogP) is 3.78. The van der Waals surface area contributed by atoms with Crippen LogP contribution in [0, 0.1) is 6.92 Å². The van der Waals surface area contributed by atoms with Crippen molar-refractivity contribution in [3.8, 4) is 0 Å². The molecule has 2 aromatic heterocycles. The molecular weight excluding hydrogens is 504 g/mol. The quantitative estimate of drug-likeness (QED) is 0.329. The third-order valence-electron chi connectivity index (χ3n) is 8.01. The number of ketones is 1. The summed E-state index contributed by atoms with van der Waals surface area (Å²) in [4.78, 5) is 32.0. The Morgan fingerprint density at radius 3 is 2.75 bits per heavy atom. The summed E-state index contributed by atoms with van der Waals surface area (Å²) >= 11 is 0. The third kappa shape index (κ3) is 5.22. The largest absolute Gasteiger partial charge is 0.378 e. The fourth-order valence-electron chi connectivity index (χ4n) is 5.88. The highest BCUT2D eigenvalue weighted by atomic mass is 16.5. The fourth-order valence-corrected chi connectivity index (χ4v) is 5.88. The molecule has 2 N–H and O–H groups in total. The number of Topliss-reactive ketones (excluding diaryl/α,β-unsaturated/α-hetero) is 1. The van der Waals surface area contributed by atoms with Gasteiger partial charge in [0.2, 0.25) is 0 Å². The van der Waals surface area contributed by atoms with E-state index in [1.54, 1.807) is 17.6 Å². The van der Waals surface area contributed by atoms with Gasteiger partial charge in [0, 0.05) is 49.5 Å². The molecule has 1 saturated heterocycles. The molecule has 9 nitrogen and oxygen atoms in total. The summed E-state index contributed by atoms with van der Waals surface area (Å²) < 4.78 is 7.24. The van der Waals surface area contributed by atoms with Gasteiger partial charge >= 0.3 is 0 Å². The number of ether oxygens (including phenoxy) is 1. The van der Waals surface area contributed by atoms with Gasteiger partial charge in [-0.15, -0.1) is 0 Å². The zero-order valence-electron chi connectivity index (χ0n) is 22.9. The van der Waals surface area contributed by atoms with Crippen molar-refractivity contribution in [3.63, 3.8) is 0 Å². The Balaban J connectivity index is 1.15. The Bertz CT molecular complexity index is 1570. The van der Waals surface area contributed by atoms with Crippen LogP contribution in [0.2, 0.25) is 0 Å². The monoisotopic (exact) mass is 538 g/mol. The van der Waals surface area contributed by atoms with E-state index in [1.165, 1.54) is 11.1 Å². The van der Waals surface area contributed by atoms with Crippen LogP contribution in [0.3, 0.4) is 0 Å². The number of hydrogen-bond acceptors (Lipinski definition) is 7. The number of benzene rings is 2. The molecule has 1 amide bonds. The predicted molar refractivity (Wildman–Crippen MR) is 153 cm³/mol. The SMILES string of the molecule is CC(=O)c1ccc2c(c1C)CC[C@@H]2NCc1cc(C(=O)NCc2cccc(N3CCOCC3)c2)nc2ccnn12. The number of aromatic nitrogens is 3. The first-order chi connectivity index (χ1) is 19.5. The van der Waals surface area contributed by atoms with Crippen molar-refractivity contribution in [3.05, 3.63) is 93.9 Å². The van der Waals surface area contributed by atoms with Gasteiger partial charge in [0.05, 0.1) is 25.1 Å². The molecule has 0 unspecified atom stereocenters. The first-order valence-corrected chi connectivity index (χ1v) is 13.9. The van der Waals surface area contributed by atoms with Gasteiger partial charge in [0.15, 0.2) is 11.4 Å². The minimum atomic E-state index is -0.222. The second kappa shape index (κ2) is 11.2. The molecule has 6 rings (SSSR count). The van der Waals surface area contributed by atoms with Crippen LogP contribution < -0.4 is 15.5 Å². The summed E-state index contributed by atoms with van der Waals surface area (Å²) in [5, 5.41) is 11.1. The molecule has 0 bridgehead atoms. The molecule has 2 aromatic carbocycles. The summed E-state index contributed by atoms with van der Waals surface area (Å²) in [5.41, 5.74) is 8.43. The van der Waals surface area contributed by atoms with E-state index < -0.39 is 0 Å². The lowest BCUT2D eigenvalue weighted by Crippen LogP contribution is -2.36. The number of nitrogens with zero attached hydrogens (tertiary/aromatic N) is 4. The van der Waals surface area contributed by atoms with Gasteiger partial charge in [-0.25, -0.2) is 9.50 Å². The van der Waals surface area contributed by atoms with E-state index in [9.17, 15) is 9.59 Å². The second-order valence-corrected chi connectivity index (χ2v) is 10.5. The lowest BCUT2D eigenvalue weighted by Gasteiger charge is -2.29. The molecule has 1 aliphatic heterocycles. The van der Waals surface area contributed by atoms with Gasteiger partial charge < -0.3 is 20.3 Å². The molecular formula is C31H34N6O3. The summed E-state index contributed by atoms with van der Waals surface area (Å²) in [6.45, 7) is 7.80. The maximum atomic E-state index is 13.2. The van der Waals surface area contributed by atoms with Gasteiger partial charge in [-0.3, -0.25) is 9.59 Å². The molecule has 0 spiro atoms. The molecule has 206 valence electrons. The molecule has 40 heavy (non-hydrogen) atoms. The Labute approximate surface area is 233 Å². The number of carbonyl (C=O) groups excluding carboxylic acids is 2. The van der Waals surface area contributed by atoms with Crippen molar-refractivity contribution < 1.29 is 14.3 Å². The minimum Gasteiger partial charge on any atom is -0.378 e. The second-order valence-electron chi connectivity index (χ2n) is 10.5. The molecule has 4 aromatic rings. The van der Waals surface area contributed by atoms with E-state index >= 15 is 0 Å². The summed E-state index contributed by atoms with van der Waals surface area (Å²) in [6, 6.07) is 16.1. The minimum absolute atomic E-state index is 0.102. The number of fused-ring (bicyclic) bond motifs is 2. The molecule has 1 atom stereocenters. The van der Waals surface area contributed by atoms with E-state index in [1.807, 2.05) is 37.3 Å². The highest BCUT2D eigenvalue weighted by Crippen LogP contribution is 2.35. The van der Waals surface area contributed by atoms with Crippen molar-refractivity contribution >= 4 is 23.0 Å². The Kier molecular flexibility index (Phi) is 7.32. The number of anilines is 1. The Hall–Kier alpha value is -4.08. The number of hydrogen-bond donors (Lipinski definition) is 2. The Morgan fingerprint density at radius 2 is 1.93 bits per heavy atom. The van der Waals surface area contributed by atoms with Crippen LogP contribution in [-0.2, 0) is 24.2 Å². The summed E-state index contributed by atoms with van der Waals surface area (Å²) in [6.07, 6.45) is 3.60. The first kappa shape index (κ1) is 26.2. The molecule has 3 heterocycles. The van der Waals surface area contributed by atoms with E-state index in [0.29, 0.717) is 24.4 Å². The number of nitrogens with one attached hydrogen (secondary N) is 2. The van der Waals surface area contributed by atoms with Crippen molar-refractivity contribution in [2.45, 2.75) is 45.8 Å². The van der Waals surface area contributed by atoms with Crippen LogP contribution in [-0.4, -0.2) is 52.6 Å². The van der Waals surface area contributed by atoms with E-state index in [2.05, 4.69) is 43.8 Å². The number of rotatable bonds is 8. The van der Waals surface area contributed by atoms with Gasteiger partial charge in [-0.05, 0) is 67.1 Å². The van der Waals surface area contributed by atoms with Crippen LogP contribution in [0.5, 0.6) is 0 Å². The molecule has 9 heteroatoms. The van der Waals surface area contributed by atoms with Gasteiger partial charge in [-0.1, -0.05) is 24.3 Å². The van der Waals surface area contributed by atoms with Crippen LogP contribution in [0.1, 0.15) is 68.2 Å². The maximum Gasteiger partial charge on any atom is 0.270 e. The Morgan fingerprint density at radius 1 is 1.07 bits per heavy atom. The molecule has 1 aliphatic carbocycles. The van der Waals surface area contributed by atoms with E-state index in [4.69, 9.17) is 4.74 Å². The molecule has 0 radical (unpaired) electrons. The number of carbonyl (C=O) groups is 2. The highest BCUT2D eigenvalue weighted by Gasteiger charge is 2.26. The van der Waals surface area contributed by atoms with Crippen LogP contribution in [0.15, 0.2) is 54.7 Å². The number of amides is 1. The zero-order chi connectivity index (χ0) is 27.6. The van der Waals surface area contributed by atoms with Crippen molar-refractivity contribution in [2.75, 3.05) is 31.2 Å². The van der Waals surface area contributed by atoms with Gasteiger partial charge in [-0.2, -0.15) is 5.10 Å². The lowest BCUT2D eigenvalue weighted by atomic mass is 9.96. The van der Waals surface area contributed by atoms with Crippen molar-refractivity contribution in [1.29, 1.82) is 0 Å². The van der Waals surface area contributed by atoms with Crippen LogP contribution in [0.25, 0.3) is 5.65 Å². The van der Waals surface area contributed by atoms with Crippen molar-refractivity contribution in [1.82, 2.24) is 25.2 Å². The van der Waals surface area contributed by atoms with Crippen molar-refractivity contribution in [2.24, 2.45) is 0 Å². The zero-order valence-corrected chi connectivity index (χ0v) is 22.9. The first-order valence-electron chi connectivity index (χ1n) is 13.9. The maximum absolute atomic E-state index is 13.2. The standard InChI is InChI=1S/C31H34N6O3/c1-20-25(21(2)38)6-7-27-26(20)8-9-28(27)32-19-24-17-29(35-30-10-11-34-37(24)30)31(39)33-18-22-4-3-5-23(16-22)36-12-14-40-15-13-36/h3-7,10-11,16-17,28,32H,8-9,12-15,18-19H2,1-2H3,(H,33,39)/t28-/m0/s1. The highest BCUT2D eigenvalue weighted by molar-refractivity contribution is 5.96. The molecule has 2 aliphatic rings. The van der Waals surface area contributed by atoms with Gasteiger partial charge in [0.25, 0.3) is 5.91 Å². The molecule has 0 saturated carbocycles. The average molecular weight is 539 g/mol.